The van der Waals surface area contributed by atoms with E-state index >= 15 is 0 Å². The van der Waals surface area contributed by atoms with Crippen molar-refractivity contribution in [3.05, 3.63) is 42.5 Å². The third kappa shape index (κ3) is 3.53. The van der Waals surface area contributed by atoms with Crippen LogP contribution in [0, 0.1) is 0 Å². The predicted octanol–water partition coefficient (Wildman–Crippen LogP) is 0.263. The van der Waals surface area contributed by atoms with Crippen LogP contribution in [0.15, 0.2) is 47.4 Å². The number of fused-ring (bicyclic) bond motifs is 1. The lowest BCUT2D eigenvalue weighted by Gasteiger charge is -2.09. The number of sulfonamides is 1. The molecule has 0 bridgehead atoms. The van der Waals surface area contributed by atoms with Crippen LogP contribution >= 0.6 is 0 Å². The lowest BCUT2D eigenvalue weighted by atomic mass is 10.1. The molecule has 0 aliphatic rings. The second-order valence-electron chi connectivity index (χ2n) is 4.86. The van der Waals surface area contributed by atoms with Gasteiger partial charge in [-0.3, -0.25) is 0 Å². The van der Waals surface area contributed by atoms with Gasteiger partial charge in [-0.15, -0.1) is 0 Å². The Hall–Kier alpha value is -1.43. The van der Waals surface area contributed by atoms with E-state index in [0.717, 1.165) is 17.3 Å². The third-order valence-electron chi connectivity index (χ3n) is 2.95. The third-order valence-corrected chi connectivity index (χ3v) is 4.41. The first-order valence-electron chi connectivity index (χ1n) is 6.26. The number of benzene rings is 2. The molecular formula is C14H19N2O2S+. The molecule has 5 heteroatoms. The molecule has 0 unspecified atom stereocenters. The van der Waals surface area contributed by atoms with Gasteiger partial charge in [-0.2, -0.15) is 0 Å². The maximum absolute atomic E-state index is 12.1. The lowest BCUT2D eigenvalue weighted by Crippen LogP contribution is -3.06. The number of rotatable bonds is 5. The lowest BCUT2D eigenvalue weighted by molar-refractivity contribution is -0.856. The fourth-order valence-electron chi connectivity index (χ4n) is 1.85. The molecule has 2 aromatic rings. The molecule has 0 aliphatic heterocycles. The molecule has 0 aliphatic carbocycles. The van der Waals surface area contributed by atoms with Crippen molar-refractivity contribution in [1.82, 2.24) is 4.72 Å². The van der Waals surface area contributed by atoms with Crippen LogP contribution in [0.25, 0.3) is 10.8 Å². The van der Waals surface area contributed by atoms with Gasteiger partial charge in [-0.25, -0.2) is 13.1 Å². The zero-order chi connectivity index (χ0) is 13.9. The molecule has 102 valence electrons. The van der Waals surface area contributed by atoms with Crippen molar-refractivity contribution in [1.29, 1.82) is 0 Å². The monoisotopic (exact) mass is 279 g/mol. The van der Waals surface area contributed by atoms with Gasteiger partial charge < -0.3 is 4.90 Å². The van der Waals surface area contributed by atoms with Crippen LogP contribution in [-0.4, -0.2) is 35.6 Å². The van der Waals surface area contributed by atoms with Crippen LogP contribution in [0.3, 0.4) is 0 Å². The van der Waals surface area contributed by atoms with Crippen molar-refractivity contribution < 1.29 is 13.3 Å². The smallest absolute Gasteiger partial charge is 0.240 e. The first kappa shape index (κ1) is 14.0. The second kappa shape index (κ2) is 5.69. The predicted molar refractivity (Wildman–Crippen MR) is 76.8 cm³/mol. The Kier molecular flexibility index (Phi) is 4.19. The molecule has 0 heterocycles. The van der Waals surface area contributed by atoms with E-state index in [4.69, 9.17) is 0 Å². The molecule has 0 atom stereocenters. The zero-order valence-electron chi connectivity index (χ0n) is 11.2. The quantitative estimate of drug-likeness (QED) is 0.825. The second-order valence-corrected chi connectivity index (χ2v) is 6.63. The summed E-state index contributed by atoms with van der Waals surface area (Å²) in [6.45, 7) is 1.20. The highest BCUT2D eigenvalue weighted by atomic mass is 32.2. The molecule has 0 radical (unpaired) electrons. The van der Waals surface area contributed by atoms with Crippen molar-refractivity contribution in [2.24, 2.45) is 0 Å². The summed E-state index contributed by atoms with van der Waals surface area (Å²) in [4.78, 5) is 1.53. The summed E-state index contributed by atoms with van der Waals surface area (Å²) >= 11 is 0. The number of hydrogen-bond acceptors (Lipinski definition) is 2. The highest BCUT2D eigenvalue weighted by Gasteiger charge is 2.14. The van der Waals surface area contributed by atoms with Gasteiger partial charge >= 0.3 is 0 Å². The van der Waals surface area contributed by atoms with E-state index in [1.165, 1.54) is 4.90 Å². The highest BCUT2D eigenvalue weighted by molar-refractivity contribution is 7.89. The molecule has 19 heavy (non-hydrogen) atoms. The van der Waals surface area contributed by atoms with Gasteiger partial charge in [0, 0.05) is 0 Å². The van der Waals surface area contributed by atoms with E-state index in [0.29, 0.717) is 11.4 Å². The van der Waals surface area contributed by atoms with Crippen LogP contribution in [0.5, 0.6) is 0 Å². The van der Waals surface area contributed by atoms with Crippen LogP contribution < -0.4 is 9.62 Å². The minimum absolute atomic E-state index is 0.319. The Bertz CT molecular complexity index is 666. The van der Waals surface area contributed by atoms with E-state index in [-0.39, 0.29) is 0 Å². The van der Waals surface area contributed by atoms with Crippen molar-refractivity contribution in [2.45, 2.75) is 4.90 Å². The maximum atomic E-state index is 12.1. The summed E-state index contributed by atoms with van der Waals surface area (Å²) in [5.74, 6) is 0. The van der Waals surface area contributed by atoms with Gasteiger partial charge in [0.2, 0.25) is 10.0 Å². The molecule has 4 nitrogen and oxygen atoms in total. The topological polar surface area (TPSA) is 50.6 Å². The molecule has 0 fully saturated rings. The molecule has 0 saturated heterocycles. The van der Waals surface area contributed by atoms with Gasteiger partial charge in [-0.1, -0.05) is 30.3 Å². The minimum Gasteiger partial charge on any atom is -0.339 e. The Morgan fingerprint density at radius 2 is 1.74 bits per heavy atom. The number of quaternary nitrogens is 1. The summed E-state index contributed by atoms with van der Waals surface area (Å²) in [6.07, 6.45) is 0. The average Bonchev–Trinajstić information content (AvgIpc) is 2.37. The molecule has 0 amide bonds. The summed E-state index contributed by atoms with van der Waals surface area (Å²) in [7, 11) is 0.570. The van der Waals surface area contributed by atoms with Gasteiger partial charge in [0.15, 0.2) is 0 Å². The first-order chi connectivity index (χ1) is 8.99. The number of nitrogens with one attached hydrogen (secondary N) is 2. The van der Waals surface area contributed by atoms with Crippen LogP contribution in [-0.2, 0) is 10.0 Å². The molecule has 2 rings (SSSR count). The molecule has 2 N–H and O–H groups in total. The SMILES string of the molecule is C[NH+](C)CCNS(=O)(=O)c1ccc2ccccc2c1. The van der Waals surface area contributed by atoms with E-state index < -0.39 is 10.0 Å². The van der Waals surface area contributed by atoms with Crippen LogP contribution in [0.4, 0.5) is 0 Å². The van der Waals surface area contributed by atoms with E-state index in [1.54, 1.807) is 12.1 Å². The molecular weight excluding hydrogens is 260 g/mol. The maximum Gasteiger partial charge on any atom is 0.240 e. The van der Waals surface area contributed by atoms with E-state index in [9.17, 15) is 8.42 Å². The largest absolute Gasteiger partial charge is 0.339 e. The number of likely N-dealkylation sites (N-methyl/N-ethyl adjacent to an activating group) is 1. The van der Waals surface area contributed by atoms with Crippen molar-refractivity contribution >= 4 is 20.8 Å². The summed E-state index contributed by atoms with van der Waals surface area (Å²) < 4.78 is 26.9. The minimum atomic E-state index is -3.41. The van der Waals surface area contributed by atoms with Crippen molar-refractivity contribution in [3.63, 3.8) is 0 Å². The van der Waals surface area contributed by atoms with Crippen molar-refractivity contribution in [2.75, 3.05) is 27.2 Å². The van der Waals surface area contributed by atoms with Crippen LogP contribution in [0.2, 0.25) is 0 Å². The van der Waals surface area contributed by atoms with Gasteiger partial charge in [0.05, 0.1) is 32.1 Å². The zero-order valence-corrected chi connectivity index (χ0v) is 12.0. The Morgan fingerprint density at radius 1 is 1.05 bits per heavy atom. The molecule has 0 saturated carbocycles. The van der Waals surface area contributed by atoms with Crippen LogP contribution in [0.1, 0.15) is 0 Å². The summed E-state index contributed by atoms with van der Waals surface area (Å²) in [5, 5.41) is 1.97. The number of hydrogen-bond donors (Lipinski definition) is 2. The van der Waals surface area contributed by atoms with Gasteiger partial charge in [0.25, 0.3) is 0 Å². The molecule has 0 spiro atoms. The fraction of sp³-hybridized carbons (Fsp3) is 0.286. The first-order valence-corrected chi connectivity index (χ1v) is 7.75. The van der Waals surface area contributed by atoms with Gasteiger partial charge in [0.1, 0.15) is 0 Å². The average molecular weight is 279 g/mol. The Morgan fingerprint density at radius 3 is 2.42 bits per heavy atom. The normalized spacial score (nSPS) is 12.2. The van der Waals surface area contributed by atoms with E-state index in [2.05, 4.69) is 4.72 Å². The highest BCUT2D eigenvalue weighted by Crippen LogP contribution is 2.18. The summed E-state index contributed by atoms with van der Waals surface area (Å²) in [5.41, 5.74) is 0. The summed E-state index contributed by atoms with van der Waals surface area (Å²) in [6, 6.07) is 12.9. The molecule has 0 aromatic heterocycles. The molecule has 2 aromatic carbocycles. The Labute approximate surface area is 114 Å². The van der Waals surface area contributed by atoms with Crippen molar-refractivity contribution in [3.8, 4) is 0 Å². The van der Waals surface area contributed by atoms with E-state index in [1.807, 2.05) is 44.4 Å². The standard InChI is InChI=1S/C14H18N2O2S/c1-16(2)10-9-15-19(17,18)14-8-7-12-5-3-4-6-13(12)11-14/h3-8,11,15H,9-10H2,1-2H3/p+1. The Balaban J connectivity index is 2.22. The van der Waals surface area contributed by atoms with Gasteiger partial charge in [-0.05, 0) is 22.9 Å². The fourth-order valence-corrected chi connectivity index (χ4v) is 2.92.